The zero-order chi connectivity index (χ0) is 52.2. The standard InChI is InChI=1S/C66H123NO5/c1-3-5-7-9-11-13-15-17-19-21-23-28-32-36-40-44-48-52-56-60-66(71)72-61-57-53-49-45-41-37-33-29-25-24-27-31-35-39-43-47-51-55-59-65(70)67-63(62-68)64(69)58-54-50-46-42-38-34-30-26-22-20-18-16-14-12-10-8-6-4-2/h11,13,17,19,27,31,54,58,63-64,68-69H,3-10,12,14-16,18,20-26,28-30,32-53,55-57,59-62H2,1-2H3,(H,67,70)/b13-11-,19-17-,31-27-,58-54+. The fourth-order valence-corrected chi connectivity index (χ4v) is 9.66. The number of allylic oxidation sites excluding steroid dienone is 7. The minimum Gasteiger partial charge on any atom is -0.466 e. The summed E-state index contributed by atoms with van der Waals surface area (Å²) in [5.41, 5.74) is 0. The van der Waals surface area contributed by atoms with Crippen molar-refractivity contribution in [3.63, 3.8) is 0 Å². The van der Waals surface area contributed by atoms with Gasteiger partial charge in [-0.15, -0.1) is 0 Å². The summed E-state index contributed by atoms with van der Waals surface area (Å²) in [5, 5.41) is 23.2. The minimum absolute atomic E-state index is 0.00168. The molecule has 1 amide bonds. The lowest BCUT2D eigenvalue weighted by Crippen LogP contribution is -2.45. The van der Waals surface area contributed by atoms with Gasteiger partial charge < -0.3 is 20.3 Å². The van der Waals surface area contributed by atoms with Gasteiger partial charge in [0.2, 0.25) is 5.91 Å². The molecule has 0 rings (SSSR count). The van der Waals surface area contributed by atoms with E-state index in [0.717, 1.165) is 70.6 Å². The van der Waals surface area contributed by atoms with E-state index in [2.05, 4.69) is 55.6 Å². The summed E-state index contributed by atoms with van der Waals surface area (Å²) in [5.74, 6) is -0.0826. The molecule has 6 nitrogen and oxygen atoms in total. The number of unbranched alkanes of at least 4 members (excludes halogenated alkanes) is 42. The SMILES string of the molecule is CCCCC/C=C\C/C=C\CCCCCCCCCCCC(=O)OCCCCCCCCCCC/C=C\CCCCCCCC(=O)NC(CO)C(O)/C=C/CCCCCCCCCCCCCCCCCC. The second-order valence-corrected chi connectivity index (χ2v) is 21.7. The molecule has 0 bridgehead atoms. The Labute approximate surface area is 448 Å². The van der Waals surface area contributed by atoms with Crippen LogP contribution in [0.25, 0.3) is 0 Å². The smallest absolute Gasteiger partial charge is 0.305 e. The quantitative estimate of drug-likeness (QED) is 0.0320. The molecule has 6 heteroatoms. The second-order valence-electron chi connectivity index (χ2n) is 21.7. The maximum atomic E-state index is 12.5. The highest BCUT2D eigenvalue weighted by Crippen LogP contribution is 2.17. The van der Waals surface area contributed by atoms with Gasteiger partial charge in [-0.1, -0.05) is 281 Å². The Balaban J connectivity index is 3.47. The molecule has 0 aromatic heterocycles. The van der Waals surface area contributed by atoms with Crippen LogP contribution in [0.4, 0.5) is 0 Å². The monoisotopic (exact) mass is 1010 g/mol. The molecule has 3 N–H and O–H groups in total. The first kappa shape index (κ1) is 69.8. The van der Waals surface area contributed by atoms with Crippen LogP contribution in [0.1, 0.15) is 335 Å². The molecule has 0 aromatic carbocycles. The van der Waals surface area contributed by atoms with Gasteiger partial charge in [-0.2, -0.15) is 0 Å². The summed E-state index contributed by atoms with van der Waals surface area (Å²) < 4.78 is 5.49. The fraction of sp³-hybridized carbons (Fsp3) is 0.848. The predicted molar refractivity (Wildman–Crippen MR) is 315 cm³/mol. The largest absolute Gasteiger partial charge is 0.466 e. The summed E-state index contributed by atoms with van der Waals surface area (Å²) in [7, 11) is 0. The number of aliphatic hydroxyl groups excluding tert-OH is 2. The van der Waals surface area contributed by atoms with Crippen LogP contribution in [0.2, 0.25) is 0 Å². The van der Waals surface area contributed by atoms with Gasteiger partial charge in [0.15, 0.2) is 0 Å². The van der Waals surface area contributed by atoms with Crippen LogP contribution in [-0.2, 0) is 14.3 Å². The normalized spacial score (nSPS) is 12.9. The van der Waals surface area contributed by atoms with Gasteiger partial charge in [0.1, 0.15) is 0 Å². The molecule has 0 heterocycles. The Morgan fingerprint density at radius 2 is 0.694 bits per heavy atom. The van der Waals surface area contributed by atoms with Crippen LogP contribution in [0.5, 0.6) is 0 Å². The molecule has 0 fully saturated rings. The summed E-state index contributed by atoms with van der Waals surface area (Å²) in [6, 6.07) is -0.639. The van der Waals surface area contributed by atoms with Crippen molar-refractivity contribution in [3.05, 3.63) is 48.6 Å². The van der Waals surface area contributed by atoms with E-state index in [4.69, 9.17) is 4.74 Å². The first-order valence-electron chi connectivity index (χ1n) is 31.9. The van der Waals surface area contributed by atoms with Gasteiger partial charge in [0.25, 0.3) is 0 Å². The molecule has 2 atom stereocenters. The zero-order valence-corrected chi connectivity index (χ0v) is 48.2. The molecule has 0 saturated heterocycles. The van der Waals surface area contributed by atoms with Crippen molar-refractivity contribution in [1.29, 1.82) is 0 Å². The Hall–Kier alpha value is -2.18. The number of carbonyl (C=O) groups is 2. The summed E-state index contributed by atoms with van der Waals surface area (Å²) in [4.78, 5) is 24.6. The van der Waals surface area contributed by atoms with E-state index in [1.165, 1.54) is 238 Å². The molecule has 72 heavy (non-hydrogen) atoms. The average Bonchev–Trinajstić information content (AvgIpc) is 3.38. The van der Waals surface area contributed by atoms with Gasteiger partial charge >= 0.3 is 5.97 Å². The molecule has 0 aliphatic rings. The molecular formula is C66H123NO5. The van der Waals surface area contributed by atoms with E-state index in [-0.39, 0.29) is 18.5 Å². The molecule has 0 saturated carbocycles. The van der Waals surface area contributed by atoms with Crippen molar-refractivity contribution < 1.29 is 24.5 Å². The third-order valence-corrected chi connectivity index (χ3v) is 14.6. The third kappa shape index (κ3) is 57.1. The van der Waals surface area contributed by atoms with E-state index in [1.54, 1.807) is 6.08 Å². The molecule has 0 radical (unpaired) electrons. The number of ether oxygens (including phenoxy) is 1. The second kappa shape index (κ2) is 61.4. The van der Waals surface area contributed by atoms with E-state index >= 15 is 0 Å². The molecule has 0 aliphatic heterocycles. The summed E-state index contributed by atoms with van der Waals surface area (Å²) in [6.07, 6.45) is 78.6. The number of carbonyl (C=O) groups excluding carboxylic acids is 2. The lowest BCUT2D eigenvalue weighted by atomic mass is 10.0. The van der Waals surface area contributed by atoms with Crippen LogP contribution < -0.4 is 5.32 Å². The molecule has 0 aromatic rings. The zero-order valence-electron chi connectivity index (χ0n) is 48.2. The van der Waals surface area contributed by atoms with Crippen molar-refractivity contribution >= 4 is 11.9 Å². The van der Waals surface area contributed by atoms with Crippen molar-refractivity contribution in [2.24, 2.45) is 0 Å². The van der Waals surface area contributed by atoms with E-state index < -0.39 is 12.1 Å². The van der Waals surface area contributed by atoms with Crippen LogP contribution in [0.3, 0.4) is 0 Å². The molecule has 0 spiro atoms. The molecule has 0 aliphatic carbocycles. The summed E-state index contributed by atoms with van der Waals surface area (Å²) >= 11 is 0. The highest BCUT2D eigenvalue weighted by atomic mass is 16.5. The van der Waals surface area contributed by atoms with Crippen LogP contribution in [0.15, 0.2) is 48.6 Å². The maximum absolute atomic E-state index is 12.5. The predicted octanol–water partition coefficient (Wildman–Crippen LogP) is 20.1. The van der Waals surface area contributed by atoms with Crippen LogP contribution in [0, 0.1) is 0 Å². The topological polar surface area (TPSA) is 95.9 Å². The Morgan fingerprint density at radius 1 is 0.389 bits per heavy atom. The van der Waals surface area contributed by atoms with Gasteiger partial charge in [-0.05, 0) is 89.9 Å². The van der Waals surface area contributed by atoms with Gasteiger partial charge in [-0.25, -0.2) is 0 Å². The van der Waals surface area contributed by atoms with Gasteiger partial charge in [0, 0.05) is 12.8 Å². The number of hydrogen-bond acceptors (Lipinski definition) is 5. The Bertz CT molecular complexity index is 1210. The third-order valence-electron chi connectivity index (χ3n) is 14.6. The van der Waals surface area contributed by atoms with Crippen molar-refractivity contribution in [3.8, 4) is 0 Å². The number of rotatable bonds is 59. The number of aliphatic hydroxyl groups is 2. The van der Waals surface area contributed by atoms with E-state index in [9.17, 15) is 19.8 Å². The van der Waals surface area contributed by atoms with Crippen molar-refractivity contribution in [2.75, 3.05) is 13.2 Å². The maximum Gasteiger partial charge on any atom is 0.305 e. The molecule has 422 valence electrons. The van der Waals surface area contributed by atoms with Crippen molar-refractivity contribution in [2.45, 2.75) is 347 Å². The van der Waals surface area contributed by atoms with Gasteiger partial charge in [-0.3, -0.25) is 9.59 Å². The highest BCUT2D eigenvalue weighted by molar-refractivity contribution is 5.76. The first-order chi connectivity index (χ1) is 35.5. The van der Waals surface area contributed by atoms with Crippen molar-refractivity contribution in [1.82, 2.24) is 5.32 Å². The minimum atomic E-state index is -0.855. The fourth-order valence-electron chi connectivity index (χ4n) is 9.66. The molecule has 2 unspecified atom stereocenters. The highest BCUT2D eigenvalue weighted by Gasteiger charge is 2.18. The number of nitrogens with one attached hydrogen (secondary N) is 1. The summed E-state index contributed by atoms with van der Waals surface area (Å²) in [6.45, 7) is 4.88. The average molecular weight is 1010 g/mol. The number of hydrogen-bond donors (Lipinski definition) is 3. The first-order valence-corrected chi connectivity index (χ1v) is 31.9. The lowest BCUT2D eigenvalue weighted by molar-refractivity contribution is -0.143. The Kier molecular flexibility index (Phi) is 59.5. The van der Waals surface area contributed by atoms with E-state index in [0.29, 0.717) is 19.4 Å². The Morgan fingerprint density at radius 3 is 1.10 bits per heavy atom. The van der Waals surface area contributed by atoms with Gasteiger partial charge in [0.05, 0.1) is 25.4 Å². The lowest BCUT2D eigenvalue weighted by Gasteiger charge is -2.20. The van der Waals surface area contributed by atoms with Crippen LogP contribution >= 0.6 is 0 Å². The van der Waals surface area contributed by atoms with E-state index in [1.807, 2.05) is 6.08 Å². The molecular weight excluding hydrogens is 887 g/mol. The number of esters is 1. The van der Waals surface area contributed by atoms with Crippen LogP contribution in [-0.4, -0.2) is 47.4 Å². The number of amides is 1.